The van der Waals surface area contributed by atoms with E-state index in [1.807, 2.05) is 0 Å². The van der Waals surface area contributed by atoms with Crippen LogP contribution in [0.3, 0.4) is 0 Å². The van der Waals surface area contributed by atoms with E-state index in [0.29, 0.717) is 11.1 Å². The summed E-state index contributed by atoms with van der Waals surface area (Å²) in [4.78, 5) is 10.8. The van der Waals surface area contributed by atoms with Crippen LogP contribution in [0.5, 0.6) is 0 Å². The van der Waals surface area contributed by atoms with Crippen LogP contribution in [0.2, 0.25) is 0 Å². The van der Waals surface area contributed by atoms with E-state index in [0.717, 1.165) is 0 Å². The Morgan fingerprint density at radius 3 is 1.48 bits per heavy atom. The first kappa shape index (κ1) is 21.1. The van der Waals surface area contributed by atoms with Crippen molar-refractivity contribution in [1.82, 2.24) is 0 Å². The number of hydrogen-bond acceptors (Lipinski definition) is 4. The largest absolute Gasteiger partial charge is 0.756 e. The zero-order valence-corrected chi connectivity index (χ0v) is 15.8. The van der Waals surface area contributed by atoms with Crippen molar-refractivity contribution in [2.24, 2.45) is 0 Å². The molecular weight excluding hydrogens is 289 g/mol. The SMILES string of the molecule is CC(C)OP(=O)([O-])OC(C)C.CC1(C)CCCC(C)(C)[NH2+]1. The highest BCUT2D eigenvalue weighted by molar-refractivity contribution is 7.45. The van der Waals surface area contributed by atoms with E-state index in [2.05, 4.69) is 42.1 Å². The first-order valence-corrected chi connectivity index (χ1v) is 9.26. The highest BCUT2D eigenvalue weighted by Crippen LogP contribution is 2.40. The molecule has 1 aliphatic rings. The predicted molar refractivity (Wildman–Crippen MR) is 84.0 cm³/mol. The van der Waals surface area contributed by atoms with E-state index in [9.17, 15) is 9.46 Å². The van der Waals surface area contributed by atoms with Gasteiger partial charge in [0.1, 0.15) is 0 Å². The van der Waals surface area contributed by atoms with E-state index >= 15 is 0 Å². The lowest BCUT2D eigenvalue weighted by molar-refractivity contribution is -0.787. The molecule has 0 saturated carbocycles. The highest BCUT2D eigenvalue weighted by atomic mass is 31.2. The van der Waals surface area contributed by atoms with Gasteiger partial charge < -0.3 is 19.3 Å². The summed E-state index contributed by atoms with van der Waals surface area (Å²) in [5.41, 5.74) is 0.976. The highest BCUT2D eigenvalue weighted by Gasteiger charge is 2.35. The first-order valence-electron chi connectivity index (χ1n) is 7.80. The average Bonchev–Trinajstić information content (AvgIpc) is 2.08. The van der Waals surface area contributed by atoms with Gasteiger partial charge in [0.2, 0.25) is 0 Å². The number of hydrogen-bond donors (Lipinski definition) is 1. The second-order valence-corrected chi connectivity index (χ2v) is 9.05. The third-order valence-corrected chi connectivity index (χ3v) is 4.46. The van der Waals surface area contributed by atoms with Crippen molar-refractivity contribution < 1.29 is 23.8 Å². The Balaban J connectivity index is 0.000000382. The minimum atomic E-state index is -4.05. The van der Waals surface area contributed by atoms with E-state index in [1.54, 1.807) is 27.7 Å². The van der Waals surface area contributed by atoms with Crippen molar-refractivity contribution in [2.75, 3.05) is 0 Å². The monoisotopic (exact) mass is 323 g/mol. The van der Waals surface area contributed by atoms with Crippen LogP contribution in [0, 0.1) is 0 Å². The molecule has 0 amide bonds. The maximum Gasteiger partial charge on any atom is 0.268 e. The molecule has 0 aliphatic carbocycles. The molecule has 1 aliphatic heterocycles. The summed E-state index contributed by atoms with van der Waals surface area (Å²) in [6, 6.07) is 0. The number of phosphoric ester groups is 1. The number of rotatable bonds is 4. The molecule has 5 nitrogen and oxygen atoms in total. The van der Waals surface area contributed by atoms with Gasteiger partial charge in [-0.2, -0.15) is 0 Å². The van der Waals surface area contributed by atoms with Crippen LogP contribution >= 0.6 is 7.82 Å². The zero-order chi connectivity index (χ0) is 16.9. The van der Waals surface area contributed by atoms with Crippen LogP contribution in [0.4, 0.5) is 0 Å². The van der Waals surface area contributed by atoms with Crippen molar-refractivity contribution in [3.05, 3.63) is 0 Å². The second-order valence-electron chi connectivity index (χ2n) is 7.73. The Hall–Kier alpha value is 0.0700. The van der Waals surface area contributed by atoms with Gasteiger partial charge in [-0.25, -0.2) is 0 Å². The minimum absolute atomic E-state index is 0.364. The number of nitrogens with two attached hydrogens (primary N) is 1. The van der Waals surface area contributed by atoms with Gasteiger partial charge in [-0.15, -0.1) is 0 Å². The van der Waals surface area contributed by atoms with Gasteiger partial charge in [0.15, 0.2) is 0 Å². The fourth-order valence-electron chi connectivity index (χ4n) is 2.74. The molecule has 1 rings (SSSR count). The number of phosphoric acid groups is 1. The number of piperidine rings is 1. The average molecular weight is 323 g/mol. The molecule has 1 heterocycles. The molecule has 0 spiro atoms. The Morgan fingerprint density at radius 1 is 0.952 bits per heavy atom. The fraction of sp³-hybridized carbons (Fsp3) is 1.00. The maximum absolute atomic E-state index is 10.8. The third kappa shape index (κ3) is 11.3. The van der Waals surface area contributed by atoms with Gasteiger partial charge in [-0.1, -0.05) is 0 Å². The molecule has 2 N–H and O–H groups in total. The summed E-state index contributed by atoms with van der Waals surface area (Å²) < 4.78 is 19.9. The summed E-state index contributed by atoms with van der Waals surface area (Å²) in [7, 11) is -4.05. The van der Waals surface area contributed by atoms with Gasteiger partial charge in [0.25, 0.3) is 7.82 Å². The van der Waals surface area contributed by atoms with Crippen LogP contribution in [-0.2, 0) is 13.6 Å². The second kappa shape index (κ2) is 8.07. The van der Waals surface area contributed by atoms with Gasteiger partial charge >= 0.3 is 0 Å². The van der Waals surface area contributed by atoms with Crippen LogP contribution in [0.25, 0.3) is 0 Å². The smallest absolute Gasteiger partial charge is 0.268 e. The Labute approximate surface area is 130 Å². The van der Waals surface area contributed by atoms with E-state index in [1.165, 1.54) is 19.3 Å². The van der Waals surface area contributed by atoms with Crippen molar-refractivity contribution in [1.29, 1.82) is 0 Å². The van der Waals surface area contributed by atoms with Crippen molar-refractivity contribution in [3.8, 4) is 0 Å². The van der Waals surface area contributed by atoms with Crippen molar-refractivity contribution in [2.45, 2.75) is 97.9 Å². The van der Waals surface area contributed by atoms with Gasteiger partial charge in [0.05, 0.1) is 23.3 Å². The van der Waals surface area contributed by atoms with Gasteiger partial charge in [0, 0.05) is 12.8 Å². The van der Waals surface area contributed by atoms with Crippen molar-refractivity contribution in [3.63, 3.8) is 0 Å². The maximum atomic E-state index is 10.8. The molecule has 0 atom stereocenters. The summed E-state index contributed by atoms with van der Waals surface area (Å²) in [5, 5.41) is 2.52. The molecule has 0 aromatic heterocycles. The zero-order valence-electron chi connectivity index (χ0n) is 14.9. The predicted octanol–water partition coefficient (Wildman–Crippen LogP) is 2.60. The van der Waals surface area contributed by atoms with E-state index in [-0.39, 0.29) is 12.2 Å². The van der Waals surface area contributed by atoms with Gasteiger partial charge in [-0.05, 0) is 61.8 Å². The molecular formula is C15H34NO4P. The third-order valence-electron chi connectivity index (χ3n) is 3.10. The number of quaternary nitrogens is 1. The van der Waals surface area contributed by atoms with E-state index in [4.69, 9.17) is 0 Å². The molecule has 21 heavy (non-hydrogen) atoms. The molecule has 6 heteroatoms. The van der Waals surface area contributed by atoms with Crippen LogP contribution in [-0.4, -0.2) is 23.3 Å². The molecule has 0 bridgehead atoms. The Kier molecular flexibility index (Phi) is 8.10. The van der Waals surface area contributed by atoms with E-state index < -0.39 is 7.82 Å². The topological polar surface area (TPSA) is 75.2 Å². The molecule has 0 aromatic rings. The normalized spacial score (nSPS) is 21.1. The standard InChI is InChI=1S/C9H19N.C6H15O4P/c1-8(2)6-5-7-9(3,4)10-8;1-5(2)9-11(7,8)10-6(3)4/h10H,5-7H2,1-4H3;5-6H,1-4H3,(H,7,8). The van der Waals surface area contributed by atoms with Gasteiger partial charge in [-0.3, -0.25) is 4.57 Å². The molecule has 0 radical (unpaired) electrons. The van der Waals surface area contributed by atoms with Crippen LogP contribution in [0.15, 0.2) is 0 Å². The lowest BCUT2D eigenvalue weighted by Gasteiger charge is -2.38. The molecule has 0 unspecified atom stereocenters. The van der Waals surface area contributed by atoms with Crippen LogP contribution in [0.1, 0.15) is 74.7 Å². The van der Waals surface area contributed by atoms with Crippen molar-refractivity contribution >= 4 is 7.82 Å². The minimum Gasteiger partial charge on any atom is -0.756 e. The Bertz CT molecular complexity index is 326. The molecule has 1 saturated heterocycles. The molecule has 128 valence electrons. The lowest BCUT2D eigenvalue weighted by atomic mass is 9.83. The quantitative estimate of drug-likeness (QED) is 0.807. The molecule has 0 aromatic carbocycles. The first-order chi connectivity index (χ1) is 9.25. The van der Waals surface area contributed by atoms with Crippen LogP contribution < -0.4 is 10.2 Å². The lowest BCUT2D eigenvalue weighted by Crippen LogP contribution is -3.04. The summed E-state index contributed by atoms with van der Waals surface area (Å²) in [6.07, 6.45) is 3.41. The summed E-state index contributed by atoms with van der Waals surface area (Å²) in [6.45, 7) is 15.9. The molecule has 1 fully saturated rings. The summed E-state index contributed by atoms with van der Waals surface area (Å²) in [5.74, 6) is 0. The Morgan fingerprint density at radius 2 is 1.29 bits per heavy atom. The fourth-order valence-corrected chi connectivity index (χ4v) is 3.83. The summed E-state index contributed by atoms with van der Waals surface area (Å²) >= 11 is 0.